The van der Waals surface area contributed by atoms with Gasteiger partial charge in [-0.1, -0.05) is 42.5 Å². The topological polar surface area (TPSA) is 76.1 Å². The predicted molar refractivity (Wildman–Crippen MR) is 105 cm³/mol. The molecule has 0 aliphatic carbocycles. The lowest BCUT2D eigenvalue weighted by Gasteiger charge is -2.25. The highest BCUT2D eigenvalue weighted by Crippen LogP contribution is 2.39. The van der Waals surface area contributed by atoms with Crippen molar-refractivity contribution in [1.29, 1.82) is 0 Å². The van der Waals surface area contributed by atoms with Crippen molar-refractivity contribution in [3.8, 4) is 5.75 Å². The molecule has 0 aromatic heterocycles. The molecule has 1 unspecified atom stereocenters. The third kappa shape index (κ3) is 3.77. The Morgan fingerprint density at radius 2 is 1.82 bits per heavy atom. The van der Waals surface area contributed by atoms with E-state index < -0.39 is 17.7 Å². The first-order valence-corrected chi connectivity index (χ1v) is 9.05. The summed E-state index contributed by atoms with van der Waals surface area (Å²) < 4.78 is 10.3. The first-order chi connectivity index (χ1) is 13.6. The second-order valence-corrected chi connectivity index (χ2v) is 6.48. The summed E-state index contributed by atoms with van der Waals surface area (Å²) in [6.07, 6.45) is 0.589. The Labute approximate surface area is 164 Å². The van der Waals surface area contributed by atoms with Crippen molar-refractivity contribution in [3.63, 3.8) is 0 Å². The van der Waals surface area contributed by atoms with Gasteiger partial charge in [0.2, 0.25) is 0 Å². The number of aliphatic hydroxyl groups is 1. The fourth-order valence-electron chi connectivity index (χ4n) is 3.40. The fourth-order valence-corrected chi connectivity index (χ4v) is 3.40. The molecule has 146 valence electrons. The SMILES string of the molecule is COCCCN1C(=O)C(=O)C(=C(O)c2cccc(OC)c2)C1c1ccccc1. The predicted octanol–water partition coefficient (Wildman–Crippen LogP) is 3.15. The molecule has 0 radical (unpaired) electrons. The number of amides is 1. The number of aliphatic hydroxyl groups excluding tert-OH is 1. The zero-order chi connectivity index (χ0) is 20.1. The van der Waals surface area contributed by atoms with Crippen molar-refractivity contribution < 1.29 is 24.2 Å². The molecule has 28 heavy (non-hydrogen) atoms. The largest absolute Gasteiger partial charge is 0.507 e. The number of benzene rings is 2. The van der Waals surface area contributed by atoms with E-state index in [1.54, 1.807) is 31.4 Å². The van der Waals surface area contributed by atoms with Crippen LogP contribution in [0.3, 0.4) is 0 Å². The second-order valence-electron chi connectivity index (χ2n) is 6.48. The fraction of sp³-hybridized carbons (Fsp3) is 0.273. The number of likely N-dealkylation sites (tertiary alicyclic amines) is 1. The number of ketones is 1. The van der Waals surface area contributed by atoms with E-state index in [9.17, 15) is 14.7 Å². The second kappa shape index (κ2) is 8.71. The van der Waals surface area contributed by atoms with Gasteiger partial charge < -0.3 is 19.5 Å². The van der Waals surface area contributed by atoms with E-state index in [0.29, 0.717) is 30.9 Å². The van der Waals surface area contributed by atoms with Gasteiger partial charge in [0, 0.05) is 25.8 Å². The lowest BCUT2D eigenvalue weighted by Crippen LogP contribution is -2.31. The Balaban J connectivity index is 2.10. The van der Waals surface area contributed by atoms with E-state index in [2.05, 4.69) is 0 Å². The maximum Gasteiger partial charge on any atom is 0.295 e. The van der Waals surface area contributed by atoms with Crippen LogP contribution in [0.1, 0.15) is 23.6 Å². The van der Waals surface area contributed by atoms with Gasteiger partial charge in [0.15, 0.2) is 0 Å². The number of nitrogens with zero attached hydrogens (tertiary/aromatic N) is 1. The number of carbonyl (C=O) groups excluding carboxylic acids is 2. The number of hydrogen-bond donors (Lipinski definition) is 1. The van der Waals surface area contributed by atoms with Crippen LogP contribution < -0.4 is 4.74 Å². The highest BCUT2D eigenvalue weighted by molar-refractivity contribution is 6.46. The molecule has 1 atom stereocenters. The molecule has 0 saturated carbocycles. The number of Topliss-reactive ketones (excluding diaryl/α,β-unsaturated/α-hetero) is 1. The van der Waals surface area contributed by atoms with Gasteiger partial charge in [-0.05, 0) is 24.1 Å². The van der Waals surface area contributed by atoms with Crippen molar-refractivity contribution in [2.75, 3.05) is 27.4 Å². The molecule has 6 nitrogen and oxygen atoms in total. The van der Waals surface area contributed by atoms with Gasteiger partial charge >= 0.3 is 0 Å². The molecular formula is C22H23NO5. The molecule has 2 aromatic rings. The van der Waals surface area contributed by atoms with Gasteiger partial charge in [0.1, 0.15) is 11.5 Å². The molecule has 1 heterocycles. The summed E-state index contributed by atoms with van der Waals surface area (Å²) >= 11 is 0. The van der Waals surface area contributed by atoms with Crippen LogP contribution in [0.15, 0.2) is 60.2 Å². The third-order valence-electron chi connectivity index (χ3n) is 4.75. The van der Waals surface area contributed by atoms with E-state index in [4.69, 9.17) is 9.47 Å². The molecular weight excluding hydrogens is 358 g/mol. The van der Waals surface area contributed by atoms with E-state index in [0.717, 1.165) is 5.56 Å². The van der Waals surface area contributed by atoms with Crippen LogP contribution in [0.4, 0.5) is 0 Å². The van der Waals surface area contributed by atoms with Gasteiger partial charge in [0.05, 0.1) is 18.7 Å². The Morgan fingerprint density at radius 1 is 1.07 bits per heavy atom. The van der Waals surface area contributed by atoms with Crippen LogP contribution in [0.2, 0.25) is 0 Å². The molecule has 0 spiro atoms. The first kappa shape index (κ1) is 19.6. The summed E-state index contributed by atoms with van der Waals surface area (Å²) in [5.41, 5.74) is 1.28. The molecule has 1 aliphatic heterocycles. The van der Waals surface area contributed by atoms with Gasteiger partial charge in [-0.25, -0.2) is 0 Å². The zero-order valence-corrected chi connectivity index (χ0v) is 15.9. The zero-order valence-electron chi connectivity index (χ0n) is 15.9. The van der Waals surface area contributed by atoms with Crippen LogP contribution in [0.5, 0.6) is 5.75 Å². The molecule has 1 N–H and O–H groups in total. The quantitative estimate of drug-likeness (QED) is 0.345. The summed E-state index contributed by atoms with van der Waals surface area (Å²) in [6, 6.07) is 15.4. The number of methoxy groups -OCH3 is 2. The van der Waals surface area contributed by atoms with Crippen molar-refractivity contribution in [3.05, 3.63) is 71.3 Å². The summed E-state index contributed by atoms with van der Waals surface area (Å²) in [6.45, 7) is 0.827. The van der Waals surface area contributed by atoms with Crippen LogP contribution in [0, 0.1) is 0 Å². The highest BCUT2D eigenvalue weighted by Gasteiger charge is 2.45. The minimum Gasteiger partial charge on any atom is -0.507 e. The van der Waals surface area contributed by atoms with Gasteiger partial charge in [-0.2, -0.15) is 0 Å². The van der Waals surface area contributed by atoms with Crippen molar-refractivity contribution in [2.45, 2.75) is 12.5 Å². The van der Waals surface area contributed by atoms with Gasteiger partial charge in [-0.15, -0.1) is 0 Å². The van der Waals surface area contributed by atoms with Crippen LogP contribution in [-0.2, 0) is 14.3 Å². The van der Waals surface area contributed by atoms with Gasteiger partial charge in [0.25, 0.3) is 11.7 Å². The number of rotatable bonds is 7. The number of hydrogen-bond acceptors (Lipinski definition) is 5. The van der Waals surface area contributed by atoms with E-state index in [-0.39, 0.29) is 11.3 Å². The molecule has 1 saturated heterocycles. The number of ether oxygens (including phenoxy) is 2. The minimum absolute atomic E-state index is 0.0851. The Bertz CT molecular complexity index is 891. The molecule has 2 aromatic carbocycles. The monoisotopic (exact) mass is 381 g/mol. The third-order valence-corrected chi connectivity index (χ3v) is 4.75. The minimum atomic E-state index is -0.688. The lowest BCUT2D eigenvalue weighted by molar-refractivity contribution is -0.140. The summed E-state index contributed by atoms with van der Waals surface area (Å²) in [5, 5.41) is 10.9. The standard InChI is InChI=1S/C22H23NO5/c1-27-13-7-12-23-19(15-8-4-3-5-9-15)18(21(25)22(23)26)20(24)16-10-6-11-17(14-16)28-2/h3-6,8-11,14,19,24H,7,12-13H2,1-2H3. The molecule has 1 fully saturated rings. The van der Waals surface area contributed by atoms with E-state index in [1.807, 2.05) is 30.3 Å². The molecule has 1 amide bonds. The molecule has 0 bridgehead atoms. The van der Waals surface area contributed by atoms with Crippen LogP contribution >= 0.6 is 0 Å². The maximum absolute atomic E-state index is 12.8. The Hall–Kier alpha value is -3.12. The molecule has 1 aliphatic rings. The average molecular weight is 381 g/mol. The molecule has 6 heteroatoms. The highest BCUT2D eigenvalue weighted by atomic mass is 16.5. The smallest absolute Gasteiger partial charge is 0.295 e. The van der Waals surface area contributed by atoms with Crippen LogP contribution in [0.25, 0.3) is 5.76 Å². The van der Waals surface area contributed by atoms with Crippen molar-refractivity contribution >= 4 is 17.4 Å². The van der Waals surface area contributed by atoms with Crippen molar-refractivity contribution in [2.24, 2.45) is 0 Å². The maximum atomic E-state index is 12.8. The summed E-state index contributed by atoms with van der Waals surface area (Å²) in [7, 11) is 3.11. The van der Waals surface area contributed by atoms with Crippen LogP contribution in [-0.4, -0.2) is 49.1 Å². The Kier molecular flexibility index (Phi) is 6.11. The lowest BCUT2D eigenvalue weighted by atomic mass is 9.95. The summed E-state index contributed by atoms with van der Waals surface area (Å²) in [5.74, 6) is -0.962. The average Bonchev–Trinajstić information content (AvgIpc) is 2.99. The van der Waals surface area contributed by atoms with E-state index >= 15 is 0 Å². The number of carbonyl (C=O) groups is 2. The van der Waals surface area contributed by atoms with E-state index in [1.165, 1.54) is 12.0 Å². The normalized spacial score (nSPS) is 18.5. The van der Waals surface area contributed by atoms with Crippen molar-refractivity contribution in [1.82, 2.24) is 4.90 Å². The first-order valence-electron chi connectivity index (χ1n) is 9.05. The Morgan fingerprint density at radius 3 is 2.50 bits per heavy atom. The molecule has 3 rings (SSSR count). The summed E-state index contributed by atoms with van der Waals surface area (Å²) in [4.78, 5) is 27.1. The van der Waals surface area contributed by atoms with Gasteiger partial charge in [-0.3, -0.25) is 9.59 Å².